The van der Waals surface area contributed by atoms with Crippen LogP contribution in [0.25, 0.3) is 0 Å². The predicted molar refractivity (Wildman–Crippen MR) is 54.2 cm³/mol. The van der Waals surface area contributed by atoms with Crippen molar-refractivity contribution in [2.24, 2.45) is 5.73 Å². The van der Waals surface area contributed by atoms with E-state index in [4.69, 9.17) is 40.5 Å². The standard InChI is InChI=1S/C8H6Cl3NO/c9-8(10,11)6-3-1-2-5(4-6)7(12)13/h1-4H,(H2,12,13). The Morgan fingerprint density at radius 1 is 1.31 bits per heavy atom. The van der Waals surface area contributed by atoms with Crippen molar-refractivity contribution in [3.63, 3.8) is 0 Å². The van der Waals surface area contributed by atoms with E-state index in [0.29, 0.717) is 11.1 Å². The van der Waals surface area contributed by atoms with Crippen LogP contribution in [0.2, 0.25) is 0 Å². The maximum atomic E-state index is 10.8. The molecule has 0 fully saturated rings. The molecule has 1 amide bonds. The largest absolute Gasteiger partial charge is 0.366 e. The SMILES string of the molecule is NC(=O)c1cccc(C(Cl)(Cl)Cl)c1. The van der Waals surface area contributed by atoms with Crippen LogP contribution >= 0.6 is 34.8 Å². The summed E-state index contributed by atoms with van der Waals surface area (Å²) in [7, 11) is 0. The van der Waals surface area contributed by atoms with E-state index < -0.39 is 9.70 Å². The van der Waals surface area contributed by atoms with Crippen molar-refractivity contribution in [3.8, 4) is 0 Å². The number of halogens is 3. The highest BCUT2D eigenvalue weighted by Gasteiger charge is 2.23. The number of hydrogen-bond donors (Lipinski definition) is 1. The highest BCUT2D eigenvalue weighted by atomic mass is 35.6. The first-order valence-electron chi connectivity index (χ1n) is 3.38. The molecule has 5 heteroatoms. The molecule has 0 atom stereocenters. The maximum absolute atomic E-state index is 10.8. The third kappa shape index (κ3) is 2.76. The van der Waals surface area contributed by atoms with Gasteiger partial charge in [0.2, 0.25) is 9.70 Å². The number of amides is 1. The first-order chi connectivity index (χ1) is 5.91. The molecule has 0 aliphatic rings. The minimum Gasteiger partial charge on any atom is -0.366 e. The predicted octanol–water partition coefficient (Wildman–Crippen LogP) is 2.61. The summed E-state index contributed by atoms with van der Waals surface area (Å²) in [5.74, 6) is -0.545. The minimum atomic E-state index is -1.52. The molecule has 0 saturated carbocycles. The molecular weight excluding hydrogens is 232 g/mol. The summed E-state index contributed by atoms with van der Waals surface area (Å²) in [6.45, 7) is 0. The summed E-state index contributed by atoms with van der Waals surface area (Å²) in [6, 6.07) is 6.23. The zero-order chi connectivity index (χ0) is 10.1. The van der Waals surface area contributed by atoms with E-state index in [1.165, 1.54) is 6.07 Å². The van der Waals surface area contributed by atoms with E-state index in [-0.39, 0.29) is 0 Å². The third-order valence-electron chi connectivity index (χ3n) is 1.47. The summed E-state index contributed by atoms with van der Waals surface area (Å²) < 4.78 is -1.52. The molecule has 1 aromatic carbocycles. The second kappa shape index (κ2) is 3.74. The molecule has 0 bridgehead atoms. The van der Waals surface area contributed by atoms with Crippen molar-refractivity contribution in [2.75, 3.05) is 0 Å². The number of nitrogens with two attached hydrogens (primary N) is 1. The highest BCUT2D eigenvalue weighted by Crippen LogP contribution is 2.38. The van der Waals surface area contributed by atoms with Gasteiger partial charge in [0.15, 0.2) is 0 Å². The number of carbonyl (C=O) groups excluding carboxylic acids is 1. The van der Waals surface area contributed by atoms with Gasteiger partial charge in [0.25, 0.3) is 0 Å². The molecule has 70 valence electrons. The zero-order valence-corrected chi connectivity index (χ0v) is 8.70. The van der Waals surface area contributed by atoms with Gasteiger partial charge in [-0.2, -0.15) is 0 Å². The van der Waals surface area contributed by atoms with E-state index in [9.17, 15) is 4.79 Å². The molecule has 0 aliphatic heterocycles. The van der Waals surface area contributed by atoms with Crippen LogP contribution in [0.5, 0.6) is 0 Å². The Morgan fingerprint density at radius 2 is 1.92 bits per heavy atom. The van der Waals surface area contributed by atoms with Gasteiger partial charge in [0.05, 0.1) is 0 Å². The van der Waals surface area contributed by atoms with E-state index in [1.807, 2.05) is 0 Å². The number of hydrogen-bond acceptors (Lipinski definition) is 1. The first kappa shape index (κ1) is 10.6. The van der Waals surface area contributed by atoms with Crippen LogP contribution < -0.4 is 5.73 Å². The summed E-state index contributed by atoms with van der Waals surface area (Å²) in [6.07, 6.45) is 0. The van der Waals surface area contributed by atoms with Crippen LogP contribution in [0.3, 0.4) is 0 Å². The van der Waals surface area contributed by atoms with Crippen molar-refractivity contribution in [1.29, 1.82) is 0 Å². The first-order valence-corrected chi connectivity index (χ1v) is 4.52. The van der Waals surface area contributed by atoms with Crippen molar-refractivity contribution in [3.05, 3.63) is 35.4 Å². The normalized spacial score (nSPS) is 11.3. The number of carbonyl (C=O) groups is 1. The molecule has 13 heavy (non-hydrogen) atoms. The highest BCUT2D eigenvalue weighted by molar-refractivity contribution is 6.66. The molecule has 0 unspecified atom stereocenters. The lowest BCUT2D eigenvalue weighted by atomic mass is 10.1. The lowest BCUT2D eigenvalue weighted by Gasteiger charge is -2.11. The van der Waals surface area contributed by atoms with Crippen molar-refractivity contribution >= 4 is 40.7 Å². The molecule has 0 spiro atoms. The van der Waals surface area contributed by atoms with Gasteiger partial charge in [-0.3, -0.25) is 4.79 Å². The fraction of sp³-hybridized carbons (Fsp3) is 0.125. The lowest BCUT2D eigenvalue weighted by Crippen LogP contribution is -2.12. The Morgan fingerprint density at radius 3 is 2.38 bits per heavy atom. The third-order valence-corrected chi connectivity index (χ3v) is 2.13. The number of alkyl halides is 3. The molecule has 2 nitrogen and oxygen atoms in total. The molecule has 0 radical (unpaired) electrons. The molecule has 2 N–H and O–H groups in total. The molecule has 0 aliphatic carbocycles. The van der Waals surface area contributed by atoms with Crippen LogP contribution in [-0.4, -0.2) is 5.91 Å². The summed E-state index contributed by atoms with van der Waals surface area (Å²) >= 11 is 16.8. The summed E-state index contributed by atoms with van der Waals surface area (Å²) in [4.78, 5) is 10.8. The monoisotopic (exact) mass is 237 g/mol. The van der Waals surface area contributed by atoms with Crippen LogP contribution in [0.4, 0.5) is 0 Å². The maximum Gasteiger partial charge on any atom is 0.248 e. The molecule has 1 aromatic rings. The van der Waals surface area contributed by atoms with Crippen LogP contribution in [-0.2, 0) is 3.79 Å². The quantitative estimate of drug-likeness (QED) is 0.751. The lowest BCUT2D eigenvalue weighted by molar-refractivity contribution is 0.1000. The Balaban J connectivity index is 3.13. The van der Waals surface area contributed by atoms with Gasteiger partial charge in [-0.15, -0.1) is 0 Å². The van der Waals surface area contributed by atoms with E-state index in [1.54, 1.807) is 18.2 Å². The molecule has 0 saturated heterocycles. The molecular formula is C8H6Cl3NO. The van der Waals surface area contributed by atoms with E-state index in [2.05, 4.69) is 0 Å². The van der Waals surface area contributed by atoms with Crippen molar-refractivity contribution in [1.82, 2.24) is 0 Å². The summed E-state index contributed by atoms with van der Waals surface area (Å²) in [5, 5.41) is 0. The van der Waals surface area contributed by atoms with Crippen LogP contribution in [0, 0.1) is 0 Å². The molecule has 0 heterocycles. The average Bonchev–Trinajstić information content (AvgIpc) is 2.03. The Labute approximate surface area is 90.6 Å². The van der Waals surface area contributed by atoms with Crippen LogP contribution in [0.1, 0.15) is 15.9 Å². The Bertz CT molecular complexity index is 332. The van der Waals surface area contributed by atoms with Gasteiger partial charge in [0.1, 0.15) is 0 Å². The Hall–Kier alpha value is -0.440. The molecule has 0 aromatic heterocycles. The van der Waals surface area contributed by atoms with Gasteiger partial charge in [-0.1, -0.05) is 46.9 Å². The zero-order valence-electron chi connectivity index (χ0n) is 6.43. The molecule has 1 rings (SSSR count). The second-order valence-electron chi connectivity index (χ2n) is 2.44. The Kier molecular flexibility index (Phi) is 3.06. The van der Waals surface area contributed by atoms with Crippen molar-refractivity contribution < 1.29 is 4.79 Å². The smallest absolute Gasteiger partial charge is 0.248 e. The van der Waals surface area contributed by atoms with E-state index >= 15 is 0 Å². The topological polar surface area (TPSA) is 43.1 Å². The average molecular weight is 239 g/mol. The van der Waals surface area contributed by atoms with Crippen LogP contribution in [0.15, 0.2) is 24.3 Å². The van der Waals surface area contributed by atoms with Crippen molar-refractivity contribution in [2.45, 2.75) is 3.79 Å². The van der Waals surface area contributed by atoms with Gasteiger partial charge >= 0.3 is 0 Å². The van der Waals surface area contributed by atoms with Gasteiger partial charge in [-0.05, 0) is 12.1 Å². The second-order valence-corrected chi connectivity index (χ2v) is 4.72. The van der Waals surface area contributed by atoms with E-state index in [0.717, 1.165) is 0 Å². The van der Waals surface area contributed by atoms with Gasteiger partial charge in [0, 0.05) is 11.1 Å². The van der Waals surface area contributed by atoms with Gasteiger partial charge < -0.3 is 5.73 Å². The fourth-order valence-electron chi connectivity index (χ4n) is 0.849. The minimum absolute atomic E-state index is 0.323. The fourth-order valence-corrected chi connectivity index (χ4v) is 1.20. The van der Waals surface area contributed by atoms with Gasteiger partial charge in [-0.25, -0.2) is 0 Å². The number of primary amides is 1. The summed E-state index contributed by atoms with van der Waals surface area (Å²) in [5.41, 5.74) is 5.81. The number of benzene rings is 1. The number of rotatable bonds is 1.